The highest BCUT2D eigenvalue weighted by atomic mass is 19.1. The minimum absolute atomic E-state index is 0.0884. The zero-order chi connectivity index (χ0) is 18.9. The number of carbonyl (C=O) groups is 2. The van der Waals surface area contributed by atoms with Crippen LogP contribution in [0.4, 0.5) is 10.1 Å². The van der Waals surface area contributed by atoms with Gasteiger partial charge in [0.1, 0.15) is 11.6 Å². The molecular formula is C20H23FN2O3. The molecule has 0 aromatic heterocycles. The molecule has 138 valence electrons. The Balaban J connectivity index is 1.86. The lowest BCUT2D eigenvalue weighted by molar-refractivity contribution is -0.129. The van der Waals surface area contributed by atoms with Crippen LogP contribution in [-0.2, 0) is 16.0 Å². The minimum atomic E-state index is -0.359. The first-order chi connectivity index (χ1) is 12.5. The Bertz CT molecular complexity index is 747. The number of ether oxygens (including phenoxy) is 1. The zero-order valence-corrected chi connectivity index (χ0v) is 15.0. The number of methoxy groups -OCH3 is 1. The number of nitrogens with one attached hydrogen (secondary N) is 1. The summed E-state index contributed by atoms with van der Waals surface area (Å²) in [6.07, 6.45) is 0.812. The van der Waals surface area contributed by atoms with Crippen molar-refractivity contribution in [3.05, 3.63) is 59.9 Å². The average Bonchev–Trinajstić information content (AvgIpc) is 2.63. The fourth-order valence-electron chi connectivity index (χ4n) is 2.58. The summed E-state index contributed by atoms with van der Waals surface area (Å²) in [4.78, 5) is 25.5. The van der Waals surface area contributed by atoms with E-state index >= 15 is 0 Å². The highest BCUT2D eigenvalue weighted by Gasteiger charge is 2.13. The van der Waals surface area contributed by atoms with Gasteiger partial charge in [-0.3, -0.25) is 9.59 Å². The topological polar surface area (TPSA) is 58.6 Å². The molecule has 0 spiro atoms. The number of benzene rings is 2. The second-order valence-corrected chi connectivity index (χ2v) is 5.87. The SMILES string of the molecule is COc1ccccc1CCN(CCC(=O)Nc1ccc(F)cc1)C(C)=O. The van der Waals surface area contributed by atoms with Crippen molar-refractivity contribution in [3.63, 3.8) is 0 Å². The normalized spacial score (nSPS) is 10.3. The van der Waals surface area contributed by atoms with Gasteiger partial charge in [-0.1, -0.05) is 18.2 Å². The molecule has 0 bridgehead atoms. The lowest BCUT2D eigenvalue weighted by atomic mass is 10.1. The lowest BCUT2D eigenvalue weighted by Gasteiger charge is -2.21. The first kappa shape index (κ1) is 19.4. The smallest absolute Gasteiger partial charge is 0.226 e. The van der Waals surface area contributed by atoms with Crippen molar-refractivity contribution < 1.29 is 18.7 Å². The molecule has 5 nitrogen and oxygen atoms in total. The Morgan fingerprint density at radius 2 is 1.77 bits per heavy atom. The molecule has 0 atom stereocenters. The van der Waals surface area contributed by atoms with E-state index in [9.17, 15) is 14.0 Å². The number of nitrogens with zero attached hydrogens (tertiary/aromatic N) is 1. The quantitative estimate of drug-likeness (QED) is 0.788. The van der Waals surface area contributed by atoms with Gasteiger partial charge < -0.3 is 15.0 Å². The van der Waals surface area contributed by atoms with Crippen LogP contribution >= 0.6 is 0 Å². The van der Waals surface area contributed by atoms with E-state index < -0.39 is 0 Å². The van der Waals surface area contributed by atoms with Crippen molar-refractivity contribution in [2.24, 2.45) is 0 Å². The maximum absolute atomic E-state index is 12.9. The summed E-state index contributed by atoms with van der Waals surface area (Å²) >= 11 is 0. The van der Waals surface area contributed by atoms with Gasteiger partial charge in [0.05, 0.1) is 7.11 Å². The van der Waals surface area contributed by atoms with Crippen LogP contribution in [0.3, 0.4) is 0 Å². The van der Waals surface area contributed by atoms with Crippen LogP contribution < -0.4 is 10.1 Å². The van der Waals surface area contributed by atoms with Gasteiger partial charge >= 0.3 is 0 Å². The molecule has 0 radical (unpaired) electrons. The molecule has 0 aliphatic rings. The van der Waals surface area contributed by atoms with Crippen LogP contribution in [0, 0.1) is 5.82 Å². The molecule has 26 heavy (non-hydrogen) atoms. The van der Waals surface area contributed by atoms with Gasteiger partial charge in [-0.15, -0.1) is 0 Å². The Kier molecular flexibility index (Phi) is 7.14. The second-order valence-electron chi connectivity index (χ2n) is 5.87. The summed E-state index contributed by atoms with van der Waals surface area (Å²) in [5, 5.41) is 2.69. The Labute approximate surface area is 152 Å². The van der Waals surface area contributed by atoms with Crippen molar-refractivity contribution in [1.82, 2.24) is 4.90 Å². The summed E-state index contributed by atoms with van der Waals surface area (Å²) in [5.74, 6) is 0.113. The summed E-state index contributed by atoms with van der Waals surface area (Å²) in [6, 6.07) is 13.2. The molecule has 0 aliphatic heterocycles. The number of hydrogen-bond donors (Lipinski definition) is 1. The van der Waals surface area contributed by atoms with Gasteiger partial charge in [-0.25, -0.2) is 4.39 Å². The summed E-state index contributed by atoms with van der Waals surface area (Å²) in [7, 11) is 1.61. The molecule has 0 fully saturated rings. The largest absolute Gasteiger partial charge is 0.496 e. The number of amides is 2. The predicted octanol–water partition coefficient (Wildman–Crippen LogP) is 3.25. The van der Waals surface area contributed by atoms with Crippen molar-refractivity contribution in [2.45, 2.75) is 19.8 Å². The Morgan fingerprint density at radius 1 is 1.08 bits per heavy atom. The van der Waals surface area contributed by atoms with Gasteiger partial charge in [0.25, 0.3) is 0 Å². The number of halogens is 1. The number of anilines is 1. The lowest BCUT2D eigenvalue weighted by Crippen LogP contribution is -2.33. The molecule has 0 heterocycles. The van der Waals surface area contributed by atoms with Crippen molar-refractivity contribution in [1.29, 1.82) is 0 Å². The molecule has 2 amide bonds. The molecule has 0 aliphatic carbocycles. The van der Waals surface area contributed by atoms with E-state index in [1.54, 1.807) is 12.0 Å². The van der Waals surface area contributed by atoms with Gasteiger partial charge in [-0.05, 0) is 42.3 Å². The van der Waals surface area contributed by atoms with E-state index in [4.69, 9.17) is 4.74 Å². The van der Waals surface area contributed by atoms with E-state index in [-0.39, 0.29) is 24.1 Å². The number of carbonyl (C=O) groups excluding carboxylic acids is 2. The van der Waals surface area contributed by atoms with Gasteiger partial charge in [0.15, 0.2) is 0 Å². The van der Waals surface area contributed by atoms with Crippen molar-refractivity contribution in [3.8, 4) is 5.75 Å². The molecule has 6 heteroatoms. The van der Waals surface area contributed by atoms with E-state index in [2.05, 4.69) is 5.32 Å². The third kappa shape index (κ3) is 5.88. The van der Waals surface area contributed by atoms with Crippen LogP contribution in [0.2, 0.25) is 0 Å². The van der Waals surface area contributed by atoms with Gasteiger partial charge in [0.2, 0.25) is 11.8 Å². The zero-order valence-electron chi connectivity index (χ0n) is 15.0. The standard InChI is InChI=1S/C20H23FN2O3/c1-15(24)23(13-11-16-5-3-4-6-19(16)26-2)14-12-20(25)22-18-9-7-17(21)8-10-18/h3-10H,11-14H2,1-2H3,(H,22,25). The fraction of sp³-hybridized carbons (Fsp3) is 0.300. The van der Waals surface area contributed by atoms with Crippen molar-refractivity contribution in [2.75, 3.05) is 25.5 Å². The molecular weight excluding hydrogens is 335 g/mol. The molecule has 0 saturated carbocycles. The van der Waals surface area contributed by atoms with Crippen LogP contribution in [-0.4, -0.2) is 36.9 Å². The molecule has 0 saturated heterocycles. The summed E-state index contributed by atoms with van der Waals surface area (Å²) in [6.45, 7) is 2.30. The molecule has 2 rings (SSSR count). The third-order valence-corrected chi connectivity index (χ3v) is 4.03. The van der Waals surface area contributed by atoms with E-state index in [0.29, 0.717) is 25.2 Å². The first-order valence-electron chi connectivity index (χ1n) is 8.42. The minimum Gasteiger partial charge on any atom is -0.496 e. The molecule has 1 N–H and O–H groups in total. The fourth-order valence-corrected chi connectivity index (χ4v) is 2.58. The van der Waals surface area contributed by atoms with Crippen LogP contribution in [0.25, 0.3) is 0 Å². The Morgan fingerprint density at radius 3 is 2.42 bits per heavy atom. The number of rotatable bonds is 8. The molecule has 0 unspecified atom stereocenters. The maximum atomic E-state index is 12.9. The predicted molar refractivity (Wildman–Crippen MR) is 98.6 cm³/mol. The van der Waals surface area contributed by atoms with E-state index in [1.165, 1.54) is 31.2 Å². The maximum Gasteiger partial charge on any atom is 0.226 e. The number of para-hydroxylation sites is 1. The average molecular weight is 358 g/mol. The van der Waals surface area contributed by atoms with E-state index in [0.717, 1.165) is 11.3 Å². The van der Waals surface area contributed by atoms with Crippen LogP contribution in [0.15, 0.2) is 48.5 Å². The second kappa shape index (κ2) is 9.56. The Hall–Kier alpha value is -2.89. The van der Waals surface area contributed by atoms with Gasteiger partial charge in [0, 0.05) is 32.1 Å². The summed E-state index contributed by atoms with van der Waals surface area (Å²) < 4.78 is 18.2. The summed E-state index contributed by atoms with van der Waals surface area (Å²) in [5.41, 5.74) is 1.54. The van der Waals surface area contributed by atoms with Crippen LogP contribution in [0.5, 0.6) is 5.75 Å². The first-order valence-corrected chi connectivity index (χ1v) is 8.42. The highest BCUT2D eigenvalue weighted by Crippen LogP contribution is 2.18. The third-order valence-electron chi connectivity index (χ3n) is 4.03. The van der Waals surface area contributed by atoms with Crippen molar-refractivity contribution >= 4 is 17.5 Å². The molecule has 2 aromatic rings. The number of hydrogen-bond acceptors (Lipinski definition) is 3. The van der Waals surface area contributed by atoms with E-state index in [1.807, 2.05) is 24.3 Å². The van der Waals surface area contributed by atoms with Gasteiger partial charge in [-0.2, -0.15) is 0 Å². The van der Waals surface area contributed by atoms with Crippen LogP contribution in [0.1, 0.15) is 18.9 Å². The molecule has 2 aromatic carbocycles. The highest BCUT2D eigenvalue weighted by molar-refractivity contribution is 5.91. The monoisotopic (exact) mass is 358 g/mol.